The van der Waals surface area contributed by atoms with Crippen LogP contribution in [0.5, 0.6) is 0 Å². The Morgan fingerprint density at radius 3 is 2.61 bits per heavy atom. The van der Waals surface area contributed by atoms with E-state index < -0.39 is 9.84 Å². The van der Waals surface area contributed by atoms with E-state index in [1.54, 1.807) is 20.1 Å². The standard InChI is InChI=1S/C13H21NO3S/c1-10-5-6-12(9-13(10)18(4,15)16)14-11(2)7-8-17-3/h5-6,9,11,14H,7-8H2,1-4H3/t11-/m0/s1. The van der Waals surface area contributed by atoms with Crippen LogP contribution >= 0.6 is 0 Å². The van der Waals surface area contributed by atoms with E-state index in [-0.39, 0.29) is 6.04 Å². The second-order valence-corrected chi connectivity index (χ2v) is 6.56. The summed E-state index contributed by atoms with van der Waals surface area (Å²) < 4.78 is 28.2. The lowest BCUT2D eigenvalue weighted by atomic mass is 10.2. The van der Waals surface area contributed by atoms with Gasteiger partial charge in [0.2, 0.25) is 0 Å². The van der Waals surface area contributed by atoms with Gasteiger partial charge < -0.3 is 10.1 Å². The Balaban J connectivity index is 2.86. The summed E-state index contributed by atoms with van der Waals surface area (Å²) in [7, 11) is -1.51. The van der Waals surface area contributed by atoms with Crippen LogP contribution in [0.4, 0.5) is 5.69 Å². The van der Waals surface area contributed by atoms with Gasteiger partial charge in [-0.15, -0.1) is 0 Å². The molecule has 18 heavy (non-hydrogen) atoms. The van der Waals surface area contributed by atoms with Crippen molar-refractivity contribution in [1.82, 2.24) is 0 Å². The Hall–Kier alpha value is -1.07. The lowest BCUT2D eigenvalue weighted by Crippen LogP contribution is -2.17. The van der Waals surface area contributed by atoms with Crippen molar-refractivity contribution in [1.29, 1.82) is 0 Å². The SMILES string of the molecule is COCC[C@H](C)Nc1ccc(C)c(S(C)(=O)=O)c1. The zero-order valence-corrected chi connectivity index (χ0v) is 12.2. The molecule has 1 aromatic carbocycles. The molecule has 0 aromatic heterocycles. The van der Waals surface area contributed by atoms with Crippen molar-refractivity contribution in [3.05, 3.63) is 23.8 Å². The van der Waals surface area contributed by atoms with Gasteiger partial charge in [-0.1, -0.05) is 6.07 Å². The van der Waals surface area contributed by atoms with Gasteiger partial charge in [0.05, 0.1) is 4.90 Å². The third kappa shape index (κ3) is 4.31. The summed E-state index contributed by atoms with van der Waals surface area (Å²) in [5.74, 6) is 0. The van der Waals surface area contributed by atoms with Crippen LogP contribution in [0.1, 0.15) is 18.9 Å². The van der Waals surface area contributed by atoms with Crippen molar-refractivity contribution in [2.45, 2.75) is 31.2 Å². The Morgan fingerprint density at radius 1 is 1.39 bits per heavy atom. The Bertz CT molecular complexity index is 497. The van der Waals surface area contributed by atoms with Crippen molar-refractivity contribution in [3.63, 3.8) is 0 Å². The summed E-state index contributed by atoms with van der Waals surface area (Å²) in [5.41, 5.74) is 1.59. The fraction of sp³-hybridized carbons (Fsp3) is 0.538. The molecule has 0 heterocycles. The molecule has 1 atom stereocenters. The number of ether oxygens (including phenoxy) is 1. The van der Waals surface area contributed by atoms with E-state index in [1.165, 1.54) is 6.26 Å². The number of benzene rings is 1. The largest absolute Gasteiger partial charge is 0.385 e. The van der Waals surface area contributed by atoms with Crippen molar-refractivity contribution in [2.75, 3.05) is 25.3 Å². The van der Waals surface area contributed by atoms with Crippen LogP contribution in [0.25, 0.3) is 0 Å². The molecule has 5 heteroatoms. The van der Waals surface area contributed by atoms with Gasteiger partial charge in [-0.3, -0.25) is 0 Å². The molecule has 0 fully saturated rings. The highest BCUT2D eigenvalue weighted by molar-refractivity contribution is 7.90. The van der Waals surface area contributed by atoms with Crippen LogP contribution in [0, 0.1) is 6.92 Å². The Labute approximate surface area is 109 Å². The van der Waals surface area contributed by atoms with Crippen molar-refractivity contribution in [3.8, 4) is 0 Å². The average Bonchev–Trinajstić information content (AvgIpc) is 2.27. The summed E-state index contributed by atoms with van der Waals surface area (Å²) >= 11 is 0. The van der Waals surface area contributed by atoms with Crippen LogP contribution in [0.15, 0.2) is 23.1 Å². The van der Waals surface area contributed by atoms with Crippen LogP contribution in [-0.2, 0) is 14.6 Å². The number of hydrogen-bond acceptors (Lipinski definition) is 4. The molecular weight excluding hydrogens is 250 g/mol. The van der Waals surface area contributed by atoms with Crippen molar-refractivity contribution >= 4 is 15.5 Å². The predicted octanol–water partition coefficient (Wildman–Crippen LogP) is 2.24. The van der Waals surface area contributed by atoms with Gasteiger partial charge >= 0.3 is 0 Å². The van der Waals surface area contributed by atoms with Crippen molar-refractivity contribution in [2.24, 2.45) is 0 Å². The Morgan fingerprint density at radius 2 is 2.06 bits per heavy atom. The van der Waals surface area contributed by atoms with E-state index in [1.807, 2.05) is 19.1 Å². The molecule has 1 rings (SSSR count). The minimum Gasteiger partial charge on any atom is -0.385 e. The molecule has 102 valence electrons. The molecule has 1 N–H and O–H groups in total. The summed E-state index contributed by atoms with van der Waals surface area (Å²) in [4.78, 5) is 0.381. The lowest BCUT2D eigenvalue weighted by Gasteiger charge is -2.16. The number of rotatable bonds is 6. The molecule has 1 aromatic rings. The van der Waals surface area contributed by atoms with Gasteiger partial charge in [-0.05, 0) is 38.0 Å². The number of methoxy groups -OCH3 is 1. The number of sulfone groups is 1. The maximum Gasteiger partial charge on any atom is 0.175 e. The smallest absolute Gasteiger partial charge is 0.175 e. The van der Waals surface area contributed by atoms with Gasteiger partial charge in [0.15, 0.2) is 9.84 Å². The van der Waals surface area contributed by atoms with Gasteiger partial charge in [0.25, 0.3) is 0 Å². The van der Waals surface area contributed by atoms with Gasteiger partial charge in [-0.2, -0.15) is 0 Å². The van der Waals surface area contributed by atoms with E-state index in [9.17, 15) is 8.42 Å². The van der Waals surface area contributed by atoms with Crippen molar-refractivity contribution < 1.29 is 13.2 Å². The molecular formula is C13H21NO3S. The first-order valence-corrected chi connectivity index (χ1v) is 7.80. The first-order valence-electron chi connectivity index (χ1n) is 5.90. The second-order valence-electron chi connectivity index (χ2n) is 4.58. The molecule has 4 nitrogen and oxygen atoms in total. The van der Waals surface area contributed by atoms with E-state index in [4.69, 9.17) is 4.74 Å². The minimum absolute atomic E-state index is 0.236. The highest BCUT2D eigenvalue weighted by atomic mass is 32.2. The molecule has 0 radical (unpaired) electrons. The van der Waals surface area contributed by atoms with Crippen LogP contribution < -0.4 is 5.32 Å². The topological polar surface area (TPSA) is 55.4 Å². The minimum atomic E-state index is -3.17. The fourth-order valence-corrected chi connectivity index (χ4v) is 2.73. The van der Waals surface area contributed by atoms with E-state index >= 15 is 0 Å². The van der Waals surface area contributed by atoms with Crippen LogP contribution in [0.2, 0.25) is 0 Å². The van der Waals surface area contributed by atoms with Gasteiger partial charge in [-0.25, -0.2) is 8.42 Å². The van der Waals surface area contributed by atoms with Crippen LogP contribution in [-0.4, -0.2) is 34.4 Å². The van der Waals surface area contributed by atoms with E-state index in [0.717, 1.165) is 17.7 Å². The number of nitrogens with one attached hydrogen (secondary N) is 1. The lowest BCUT2D eigenvalue weighted by molar-refractivity contribution is 0.191. The molecule has 0 bridgehead atoms. The Kier molecular flexibility index (Phi) is 5.16. The molecule has 0 amide bonds. The second kappa shape index (κ2) is 6.20. The molecule has 0 unspecified atom stereocenters. The third-order valence-electron chi connectivity index (χ3n) is 2.76. The molecule has 0 saturated heterocycles. The normalized spacial score (nSPS) is 13.3. The zero-order chi connectivity index (χ0) is 13.8. The first kappa shape index (κ1) is 15.0. The maximum atomic E-state index is 11.6. The fourth-order valence-electron chi connectivity index (χ4n) is 1.74. The summed E-state index contributed by atoms with van der Waals surface area (Å²) in [6, 6.07) is 5.64. The summed E-state index contributed by atoms with van der Waals surface area (Å²) in [6.07, 6.45) is 2.10. The first-order chi connectivity index (χ1) is 8.34. The summed E-state index contributed by atoms with van der Waals surface area (Å²) in [5, 5.41) is 3.27. The monoisotopic (exact) mass is 271 g/mol. The zero-order valence-electron chi connectivity index (χ0n) is 11.4. The molecule has 0 spiro atoms. The summed E-state index contributed by atoms with van der Waals surface area (Å²) in [6.45, 7) is 4.52. The predicted molar refractivity (Wildman–Crippen MR) is 73.9 cm³/mol. The molecule has 0 aliphatic carbocycles. The quantitative estimate of drug-likeness (QED) is 0.862. The highest BCUT2D eigenvalue weighted by Crippen LogP contribution is 2.20. The van der Waals surface area contributed by atoms with E-state index in [0.29, 0.717) is 11.5 Å². The molecule has 0 aliphatic rings. The van der Waals surface area contributed by atoms with Gasteiger partial charge in [0, 0.05) is 31.7 Å². The third-order valence-corrected chi connectivity index (χ3v) is 3.99. The number of aryl methyl sites for hydroxylation is 1. The van der Waals surface area contributed by atoms with E-state index in [2.05, 4.69) is 5.32 Å². The average molecular weight is 271 g/mol. The number of anilines is 1. The number of hydrogen-bond donors (Lipinski definition) is 1. The van der Waals surface area contributed by atoms with Gasteiger partial charge in [0.1, 0.15) is 0 Å². The maximum absolute atomic E-state index is 11.6. The highest BCUT2D eigenvalue weighted by Gasteiger charge is 2.12. The molecule has 0 aliphatic heterocycles. The van der Waals surface area contributed by atoms with Crippen LogP contribution in [0.3, 0.4) is 0 Å². The molecule has 0 saturated carbocycles.